The molecule has 8 heteroatoms. The molecule has 2 aromatic heterocycles. The van der Waals surface area contributed by atoms with Crippen molar-refractivity contribution in [1.82, 2.24) is 14.5 Å². The summed E-state index contributed by atoms with van der Waals surface area (Å²) in [5.74, 6) is 0.791. The van der Waals surface area contributed by atoms with Gasteiger partial charge in [0.2, 0.25) is 5.56 Å². The van der Waals surface area contributed by atoms with Gasteiger partial charge in [-0.1, -0.05) is 24.3 Å². The van der Waals surface area contributed by atoms with Crippen LogP contribution in [0.4, 0.5) is 8.78 Å². The number of imidazole rings is 1. The second kappa shape index (κ2) is 9.15. The third-order valence-corrected chi connectivity index (χ3v) is 5.10. The number of hydrogen-bond donors (Lipinski definition) is 1. The molecular weight excluding hydrogens is 428 g/mol. The third-order valence-electron chi connectivity index (χ3n) is 5.10. The number of rotatable bonds is 7. The molecular formula is C25H25F2N3O3. The highest BCUT2D eigenvalue weighted by molar-refractivity contribution is 5.82. The maximum Gasteiger partial charge on any atom is 0.387 e. The smallest absolute Gasteiger partial charge is 0.387 e. The molecule has 4 rings (SSSR count). The molecule has 0 saturated heterocycles. The van der Waals surface area contributed by atoms with Crippen molar-refractivity contribution >= 4 is 11.0 Å². The van der Waals surface area contributed by atoms with Gasteiger partial charge in [0.05, 0.1) is 23.2 Å². The van der Waals surface area contributed by atoms with Crippen LogP contribution in [0.5, 0.6) is 5.75 Å². The van der Waals surface area contributed by atoms with Crippen LogP contribution in [0.15, 0.2) is 65.6 Å². The minimum atomic E-state index is -2.92. The maximum absolute atomic E-state index is 12.9. The molecule has 0 aliphatic carbocycles. The van der Waals surface area contributed by atoms with Crippen LogP contribution in [0.1, 0.15) is 32.2 Å². The fraction of sp³-hybridized carbons (Fsp3) is 0.280. The number of alkyl halides is 2. The predicted octanol–water partition coefficient (Wildman–Crippen LogP) is 5.36. The lowest BCUT2D eigenvalue weighted by molar-refractivity contribution is -0.0505. The van der Waals surface area contributed by atoms with Gasteiger partial charge in [0.25, 0.3) is 0 Å². The third kappa shape index (κ3) is 5.46. The predicted molar refractivity (Wildman–Crippen MR) is 123 cm³/mol. The number of nitrogens with zero attached hydrogens (tertiary/aromatic N) is 2. The second-order valence-electron chi connectivity index (χ2n) is 8.65. The van der Waals surface area contributed by atoms with Crippen LogP contribution in [0.3, 0.4) is 0 Å². The SMILES string of the molecule is CC(C)(C)OCc1nc2ccc(-c3ccc(=O)[nH]c3)cc2n1Cc1ccccc1OC(F)F. The van der Waals surface area contributed by atoms with E-state index in [9.17, 15) is 13.6 Å². The van der Waals surface area contributed by atoms with Crippen LogP contribution in [0.2, 0.25) is 0 Å². The van der Waals surface area contributed by atoms with Crippen molar-refractivity contribution in [3.63, 3.8) is 0 Å². The monoisotopic (exact) mass is 453 g/mol. The number of H-pyrrole nitrogens is 1. The Kier molecular flexibility index (Phi) is 6.29. The summed E-state index contributed by atoms with van der Waals surface area (Å²) in [5, 5.41) is 0. The summed E-state index contributed by atoms with van der Waals surface area (Å²) in [7, 11) is 0. The topological polar surface area (TPSA) is 69.1 Å². The summed E-state index contributed by atoms with van der Waals surface area (Å²) in [6.45, 7) is 3.49. The first kappa shape index (κ1) is 22.7. The van der Waals surface area contributed by atoms with Gasteiger partial charge in [-0.2, -0.15) is 8.78 Å². The Hall–Kier alpha value is -3.52. The van der Waals surface area contributed by atoms with Crippen molar-refractivity contribution in [2.45, 2.75) is 46.1 Å². The van der Waals surface area contributed by atoms with Crippen molar-refractivity contribution in [2.24, 2.45) is 0 Å². The van der Waals surface area contributed by atoms with Gasteiger partial charge in [0.15, 0.2) is 0 Å². The lowest BCUT2D eigenvalue weighted by Gasteiger charge is -2.20. The number of hydrogen-bond acceptors (Lipinski definition) is 4. The Bertz CT molecular complexity index is 1300. The van der Waals surface area contributed by atoms with Crippen molar-refractivity contribution in [3.8, 4) is 16.9 Å². The van der Waals surface area contributed by atoms with E-state index in [-0.39, 0.29) is 30.1 Å². The van der Waals surface area contributed by atoms with E-state index in [2.05, 4.69) is 4.98 Å². The Labute approximate surface area is 189 Å². The number of pyridine rings is 1. The number of benzene rings is 2. The summed E-state index contributed by atoms with van der Waals surface area (Å²) in [5.41, 5.74) is 3.35. The van der Waals surface area contributed by atoms with E-state index in [0.29, 0.717) is 11.4 Å². The molecule has 2 aromatic carbocycles. The highest BCUT2D eigenvalue weighted by Crippen LogP contribution is 2.28. The summed E-state index contributed by atoms with van der Waals surface area (Å²) < 4.78 is 38.5. The van der Waals surface area contributed by atoms with E-state index in [1.807, 2.05) is 43.5 Å². The Balaban J connectivity index is 1.81. The molecule has 0 atom stereocenters. The first-order chi connectivity index (χ1) is 15.7. The molecule has 0 aliphatic heterocycles. The number of aromatic amines is 1. The number of halogens is 2. The average molecular weight is 453 g/mol. The van der Waals surface area contributed by atoms with Crippen LogP contribution in [0.25, 0.3) is 22.2 Å². The molecule has 1 N–H and O–H groups in total. The summed E-state index contributed by atoms with van der Waals surface area (Å²) >= 11 is 0. The van der Waals surface area contributed by atoms with E-state index in [0.717, 1.165) is 22.2 Å². The number of para-hydroxylation sites is 1. The van der Waals surface area contributed by atoms with Gasteiger partial charge in [-0.25, -0.2) is 4.98 Å². The number of ether oxygens (including phenoxy) is 2. The fourth-order valence-corrected chi connectivity index (χ4v) is 3.53. The molecule has 33 heavy (non-hydrogen) atoms. The molecule has 0 spiro atoms. The lowest BCUT2D eigenvalue weighted by atomic mass is 10.1. The Morgan fingerprint density at radius 2 is 1.82 bits per heavy atom. The van der Waals surface area contributed by atoms with Crippen LogP contribution < -0.4 is 10.3 Å². The van der Waals surface area contributed by atoms with Crippen LogP contribution in [-0.4, -0.2) is 26.7 Å². The van der Waals surface area contributed by atoms with Gasteiger partial charge in [-0.3, -0.25) is 4.79 Å². The quantitative estimate of drug-likeness (QED) is 0.409. The zero-order valence-electron chi connectivity index (χ0n) is 18.6. The maximum atomic E-state index is 12.9. The van der Waals surface area contributed by atoms with E-state index in [1.165, 1.54) is 12.1 Å². The molecule has 0 saturated carbocycles. The molecule has 6 nitrogen and oxygen atoms in total. The normalized spacial score (nSPS) is 11.9. The molecule has 0 fully saturated rings. The molecule has 0 radical (unpaired) electrons. The fourth-order valence-electron chi connectivity index (χ4n) is 3.53. The number of nitrogens with one attached hydrogen (secondary N) is 1. The number of aromatic nitrogens is 3. The van der Waals surface area contributed by atoms with Crippen molar-refractivity contribution in [2.75, 3.05) is 0 Å². The Morgan fingerprint density at radius 1 is 1.06 bits per heavy atom. The Morgan fingerprint density at radius 3 is 2.52 bits per heavy atom. The highest BCUT2D eigenvalue weighted by Gasteiger charge is 2.18. The van der Waals surface area contributed by atoms with Crippen molar-refractivity contribution < 1.29 is 18.3 Å². The minimum Gasteiger partial charge on any atom is -0.434 e. The highest BCUT2D eigenvalue weighted by atomic mass is 19.3. The molecule has 0 unspecified atom stereocenters. The molecule has 4 aromatic rings. The number of fused-ring (bicyclic) bond motifs is 1. The van der Waals surface area contributed by atoms with Gasteiger partial charge < -0.3 is 19.0 Å². The van der Waals surface area contributed by atoms with E-state index >= 15 is 0 Å². The van der Waals surface area contributed by atoms with Crippen molar-refractivity contribution in [1.29, 1.82) is 0 Å². The van der Waals surface area contributed by atoms with Crippen LogP contribution in [0, 0.1) is 0 Å². The summed E-state index contributed by atoms with van der Waals surface area (Å²) in [6, 6.07) is 15.7. The zero-order chi connectivity index (χ0) is 23.6. The molecule has 0 bridgehead atoms. The van der Waals surface area contributed by atoms with Gasteiger partial charge in [0, 0.05) is 17.8 Å². The van der Waals surface area contributed by atoms with Crippen molar-refractivity contribution in [3.05, 3.63) is 82.5 Å². The molecule has 0 aliphatic rings. The largest absolute Gasteiger partial charge is 0.434 e. The first-order valence-corrected chi connectivity index (χ1v) is 10.5. The van der Waals surface area contributed by atoms with Crippen LogP contribution >= 0.6 is 0 Å². The van der Waals surface area contributed by atoms with E-state index < -0.39 is 6.61 Å². The minimum absolute atomic E-state index is 0.119. The van der Waals surface area contributed by atoms with Crippen LogP contribution in [-0.2, 0) is 17.9 Å². The lowest BCUT2D eigenvalue weighted by Crippen LogP contribution is -2.20. The van der Waals surface area contributed by atoms with Gasteiger partial charge in [0.1, 0.15) is 18.2 Å². The molecule has 0 amide bonds. The molecule has 2 heterocycles. The van der Waals surface area contributed by atoms with E-state index in [1.54, 1.807) is 30.5 Å². The zero-order valence-corrected chi connectivity index (χ0v) is 18.6. The second-order valence-corrected chi connectivity index (χ2v) is 8.65. The van der Waals surface area contributed by atoms with Gasteiger partial charge in [-0.15, -0.1) is 0 Å². The molecule has 172 valence electrons. The van der Waals surface area contributed by atoms with Gasteiger partial charge in [-0.05, 0) is 56.2 Å². The summed E-state index contributed by atoms with van der Waals surface area (Å²) in [6.07, 6.45) is 1.65. The standard InChI is InChI=1S/C25H25F2N3O3/c1-25(2,3)32-15-22-29-19-10-8-16(17-9-11-23(31)28-13-17)12-20(19)30(22)14-18-6-4-5-7-21(18)33-24(26)27/h4-13,24H,14-15H2,1-3H3,(H,28,31). The summed E-state index contributed by atoms with van der Waals surface area (Å²) in [4.78, 5) is 18.9. The first-order valence-electron chi connectivity index (χ1n) is 10.5. The van der Waals surface area contributed by atoms with Gasteiger partial charge >= 0.3 is 6.61 Å². The average Bonchev–Trinajstić information content (AvgIpc) is 3.10. The van der Waals surface area contributed by atoms with E-state index in [4.69, 9.17) is 14.5 Å².